The maximum absolute atomic E-state index is 11.3. The third-order valence-electron chi connectivity index (χ3n) is 2.20. The van der Waals surface area contributed by atoms with Gasteiger partial charge < -0.3 is 5.11 Å². The van der Waals surface area contributed by atoms with Gasteiger partial charge in [0.25, 0.3) is 11.8 Å². The standard InChI is InChI=1S/C9H11NO6S/c1-17(15,16)5-4-6(9(13)14)10-7(11)2-3-8(10)12/h2-3,6H,4-5H2,1H3,(H,13,14). The number of hydrogen-bond acceptors (Lipinski definition) is 5. The van der Waals surface area contributed by atoms with Crippen LogP contribution in [0, 0.1) is 0 Å². The number of imide groups is 1. The summed E-state index contributed by atoms with van der Waals surface area (Å²) in [5.41, 5.74) is 0. The molecule has 17 heavy (non-hydrogen) atoms. The lowest BCUT2D eigenvalue weighted by molar-refractivity contribution is -0.153. The quantitative estimate of drug-likeness (QED) is 0.622. The van der Waals surface area contributed by atoms with Crippen molar-refractivity contribution in [2.45, 2.75) is 12.5 Å². The second kappa shape index (κ2) is 4.66. The van der Waals surface area contributed by atoms with Gasteiger partial charge in [-0.15, -0.1) is 0 Å². The molecule has 7 nitrogen and oxygen atoms in total. The van der Waals surface area contributed by atoms with Crippen LogP contribution < -0.4 is 0 Å². The Hall–Kier alpha value is -1.70. The lowest BCUT2D eigenvalue weighted by atomic mass is 10.2. The van der Waals surface area contributed by atoms with Gasteiger partial charge in [-0.25, -0.2) is 13.2 Å². The lowest BCUT2D eigenvalue weighted by Gasteiger charge is -2.21. The van der Waals surface area contributed by atoms with E-state index >= 15 is 0 Å². The number of amides is 2. The van der Waals surface area contributed by atoms with E-state index in [0.29, 0.717) is 4.90 Å². The van der Waals surface area contributed by atoms with Gasteiger partial charge in [-0.05, 0) is 6.42 Å². The van der Waals surface area contributed by atoms with E-state index in [4.69, 9.17) is 5.11 Å². The minimum Gasteiger partial charge on any atom is -0.480 e. The first-order chi connectivity index (χ1) is 7.72. The summed E-state index contributed by atoms with van der Waals surface area (Å²) < 4.78 is 21.9. The highest BCUT2D eigenvalue weighted by Crippen LogP contribution is 2.13. The van der Waals surface area contributed by atoms with Gasteiger partial charge in [0.05, 0.1) is 5.75 Å². The molecule has 0 saturated carbocycles. The van der Waals surface area contributed by atoms with Crippen LogP contribution in [0.5, 0.6) is 0 Å². The molecule has 2 amide bonds. The topological polar surface area (TPSA) is 109 Å². The number of aliphatic carboxylic acids is 1. The van der Waals surface area contributed by atoms with E-state index in [1.165, 1.54) is 0 Å². The van der Waals surface area contributed by atoms with E-state index < -0.39 is 39.4 Å². The van der Waals surface area contributed by atoms with Crippen LogP contribution in [0.4, 0.5) is 0 Å². The molecule has 1 rings (SSSR count). The molecule has 1 atom stereocenters. The van der Waals surface area contributed by atoms with Gasteiger partial charge in [-0.3, -0.25) is 14.5 Å². The smallest absolute Gasteiger partial charge is 0.326 e. The van der Waals surface area contributed by atoms with Crippen molar-refractivity contribution in [3.05, 3.63) is 12.2 Å². The number of sulfone groups is 1. The van der Waals surface area contributed by atoms with Crippen molar-refractivity contribution >= 4 is 27.6 Å². The second-order valence-corrected chi connectivity index (χ2v) is 5.91. The molecule has 0 aromatic heterocycles. The van der Waals surface area contributed by atoms with Gasteiger partial charge in [0.15, 0.2) is 0 Å². The van der Waals surface area contributed by atoms with Crippen LogP contribution in [-0.4, -0.2) is 54.3 Å². The second-order valence-electron chi connectivity index (χ2n) is 3.65. The SMILES string of the molecule is CS(=O)(=O)CCC(C(=O)O)N1C(=O)C=CC1=O. The van der Waals surface area contributed by atoms with Gasteiger partial charge >= 0.3 is 5.97 Å². The summed E-state index contributed by atoms with van der Waals surface area (Å²) in [6.45, 7) is 0. The van der Waals surface area contributed by atoms with E-state index in [0.717, 1.165) is 18.4 Å². The van der Waals surface area contributed by atoms with Crippen molar-refractivity contribution < 1.29 is 27.9 Å². The Balaban J connectivity index is 2.84. The summed E-state index contributed by atoms with van der Waals surface area (Å²) in [6.07, 6.45) is 2.56. The summed E-state index contributed by atoms with van der Waals surface area (Å²) in [5.74, 6) is -3.29. The number of carbonyl (C=O) groups excluding carboxylic acids is 2. The molecule has 0 fully saturated rings. The largest absolute Gasteiger partial charge is 0.480 e. The molecule has 1 N–H and O–H groups in total. The summed E-state index contributed by atoms with van der Waals surface area (Å²) in [6, 6.07) is -1.44. The van der Waals surface area contributed by atoms with Gasteiger partial charge in [-0.2, -0.15) is 0 Å². The molecular weight excluding hydrogens is 250 g/mol. The first kappa shape index (κ1) is 13.4. The predicted octanol–water partition coefficient (Wildman–Crippen LogP) is -1.20. The minimum atomic E-state index is -3.35. The summed E-state index contributed by atoms with van der Waals surface area (Å²) in [5, 5.41) is 8.90. The molecule has 1 aliphatic heterocycles. The molecule has 1 aliphatic rings. The molecule has 0 spiro atoms. The first-order valence-corrected chi connectivity index (χ1v) is 6.74. The summed E-state index contributed by atoms with van der Waals surface area (Å²) >= 11 is 0. The van der Waals surface area contributed by atoms with E-state index in [1.807, 2.05) is 0 Å². The third-order valence-corrected chi connectivity index (χ3v) is 3.18. The fraction of sp³-hybridized carbons (Fsp3) is 0.444. The van der Waals surface area contributed by atoms with Crippen molar-refractivity contribution in [3.8, 4) is 0 Å². The summed E-state index contributed by atoms with van der Waals surface area (Å²) in [7, 11) is -3.35. The van der Waals surface area contributed by atoms with Crippen LogP contribution in [0.3, 0.4) is 0 Å². The number of hydrogen-bond donors (Lipinski definition) is 1. The average Bonchev–Trinajstić information content (AvgIpc) is 2.47. The molecule has 0 aromatic carbocycles. The molecule has 0 bridgehead atoms. The lowest BCUT2D eigenvalue weighted by Crippen LogP contribution is -2.45. The zero-order valence-electron chi connectivity index (χ0n) is 8.99. The van der Waals surface area contributed by atoms with Crippen LogP contribution in [0.15, 0.2) is 12.2 Å². The number of carboxylic acids is 1. The van der Waals surface area contributed by atoms with E-state index in [1.54, 1.807) is 0 Å². The van der Waals surface area contributed by atoms with Crippen molar-refractivity contribution in [3.63, 3.8) is 0 Å². The Kier molecular flexibility index (Phi) is 3.66. The molecule has 0 aliphatic carbocycles. The Morgan fingerprint density at radius 3 is 2.18 bits per heavy atom. The zero-order valence-corrected chi connectivity index (χ0v) is 9.81. The maximum atomic E-state index is 11.3. The van der Waals surface area contributed by atoms with Crippen LogP contribution in [0.25, 0.3) is 0 Å². The monoisotopic (exact) mass is 261 g/mol. The minimum absolute atomic E-state index is 0.312. The number of carboxylic acid groups (broad SMARTS) is 1. The molecule has 94 valence electrons. The van der Waals surface area contributed by atoms with Crippen LogP contribution >= 0.6 is 0 Å². The van der Waals surface area contributed by atoms with Crippen LogP contribution in [0.2, 0.25) is 0 Å². The summed E-state index contributed by atoms with van der Waals surface area (Å²) in [4.78, 5) is 34.0. The molecule has 0 radical (unpaired) electrons. The molecule has 0 aromatic rings. The van der Waals surface area contributed by atoms with Gasteiger partial charge in [0.2, 0.25) is 0 Å². The van der Waals surface area contributed by atoms with E-state index in [-0.39, 0.29) is 6.42 Å². The zero-order chi connectivity index (χ0) is 13.2. The third kappa shape index (κ3) is 3.38. The van der Waals surface area contributed by atoms with Crippen molar-refractivity contribution in [2.24, 2.45) is 0 Å². The number of carbonyl (C=O) groups is 3. The first-order valence-electron chi connectivity index (χ1n) is 4.68. The average molecular weight is 261 g/mol. The molecule has 0 saturated heterocycles. The van der Waals surface area contributed by atoms with Gasteiger partial charge in [-0.1, -0.05) is 0 Å². The van der Waals surface area contributed by atoms with Gasteiger partial charge in [0.1, 0.15) is 15.9 Å². The van der Waals surface area contributed by atoms with Crippen molar-refractivity contribution in [1.82, 2.24) is 4.90 Å². The van der Waals surface area contributed by atoms with Crippen molar-refractivity contribution in [1.29, 1.82) is 0 Å². The Morgan fingerprint density at radius 1 is 1.35 bits per heavy atom. The van der Waals surface area contributed by atoms with Crippen LogP contribution in [-0.2, 0) is 24.2 Å². The fourth-order valence-electron chi connectivity index (χ4n) is 1.41. The molecule has 8 heteroatoms. The van der Waals surface area contributed by atoms with E-state index in [9.17, 15) is 22.8 Å². The molecule has 1 heterocycles. The Bertz CT molecular complexity index is 474. The highest BCUT2D eigenvalue weighted by atomic mass is 32.2. The highest BCUT2D eigenvalue weighted by molar-refractivity contribution is 7.90. The Morgan fingerprint density at radius 2 is 1.82 bits per heavy atom. The van der Waals surface area contributed by atoms with E-state index in [2.05, 4.69) is 0 Å². The molecule has 1 unspecified atom stereocenters. The number of nitrogens with zero attached hydrogens (tertiary/aromatic N) is 1. The highest BCUT2D eigenvalue weighted by Gasteiger charge is 2.36. The van der Waals surface area contributed by atoms with Gasteiger partial charge in [0, 0.05) is 18.4 Å². The molecular formula is C9H11NO6S. The Labute approximate surface area is 97.6 Å². The maximum Gasteiger partial charge on any atom is 0.326 e. The van der Waals surface area contributed by atoms with Crippen LogP contribution in [0.1, 0.15) is 6.42 Å². The predicted molar refractivity (Wildman–Crippen MR) is 56.7 cm³/mol. The fourth-order valence-corrected chi connectivity index (χ4v) is 2.06. The van der Waals surface area contributed by atoms with Crippen molar-refractivity contribution in [2.75, 3.05) is 12.0 Å². The normalized spacial score (nSPS) is 17.6. The number of rotatable bonds is 5.